The molecule has 22 nitrogen and oxygen atoms in total. The molecule has 0 saturated heterocycles. The Hall–Kier alpha value is -4.74. The summed E-state index contributed by atoms with van der Waals surface area (Å²) in [6.07, 6.45) is 0. The molecule has 0 fully saturated rings. The number of carbonyl (C=O) groups excluding carboxylic acids is 10. The highest BCUT2D eigenvalue weighted by Gasteiger charge is 2.28. The summed E-state index contributed by atoms with van der Waals surface area (Å²) >= 11 is 0. The molecule has 0 aromatic heterocycles. The van der Waals surface area contributed by atoms with Gasteiger partial charge in [-0.2, -0.15) is 0 Å². The van der Waals surface area contributed by atoms with Crippen molar-refractivity contribution >= 4 is 58.6 Å². The second-order valence-electron chi connectivity index (χ2n) is 13.2. The summed E-state index contributed by atoms with van der Waals surface area (Å²) in [5, 5.41) is 0. The first-order valence-corrected chi connectivity index (χ1v) is 18.8. The summed E-state index contributed by atoms with van der Waals surface area (Å²) in [6.45, 7) is 2.76. The number of hydrogen-bond acceptors (Lipinski definition) is 16. The van der Waals surface area contributed by atoms with Crippen LogP contribution in [-0.2, 0) is 76.4 Å². The van der Waals surface area contributed by atoms with E-state index in [4.69, 9.17) is 28.4 Å². The van der Waals surface area contributed by atoms with Crippen molar-refractivity contribution in [3.05, 3.63) is 0 Å². The van der Waals surface area contributed by atoms with E-state index >= 15 is 0 Å². The number of carbonyl (C=O) groups is 10. The maximum atomic E-state index is 13.4. The first-order chi connectivity index (χ1) is 27.9. The van der Waals surface area contributed by atoms with Crippen LogP contribution in [0.1, 0.15) is 41.5 Å². The maximum absolute atomic E-state index is 13.4. The van der Waals surface area contributed by atoms with E-state index in [-0.39, 0.29) is 109 Å². The highest BCUT2D eigenvalue weighted by atomic mass is 16.5. The molecule has 59 heavy (non-hydrogen) atoms. The molecule has 0 heterocycles. The standard InChI is InChI=1S/C37H62N6O16/c1-9-56-26-42(17-30(5)46)34(50)21-39(19-32(48)38(11-12-54-7)15-28(3)44)36(52)23-58-13-14-59-24-37(53)40(20-33(49)41(25-55-8)16-29(4)45)22-35(51)43(18-31(6)47)27-57-10-2/h9-27H2,1-8H3. The Kier molecular flexibility index (Phi) is 28.7. The number of Topliss-reactive ketones (excluding diaryl/α,β-unsaturated/α-hetero) is 4. The number of rotatable bonds is 34. The zero-order valence-corrected chi connectivity index (χ0v) is 35.7. The van der Waals surface area contributed by atoms with E-state index in [1.54, 1.807) is 13.8 Å². The van der Waals surface area contributed by atoms with Gasteiger partial charge in [0.1, 0.15) is 82.7 Å². The lowest BCUT2D eigenvalue weighted by Gasteiger charge is -2.29. The first-order valence-electron chi connectivity index (χ1n) is 18.8. The van der Waals surface area contributed by atoms with Crippen molar-refractivity contribution in [2.75, 3.05) is 140 Å². The van der Waals surface area contributed by atoms with E-state index in [1.165, 1.54) is 46.8 Å². The highest BCUT2D eigenvalue weighted by molar-refractivity contribution is 5.93. The molecule has 0 aromatic rings. The van der Waals surface area contributed by atoms with Gasteiger partial charge in [-0.1, -0.05) is 0 Å². The van der Waals surface area contributed by atoms with Crippen LogP contribution in [-0.4, -0.2) is 228 Å². The number of ether oxygens (including phenoxy) is 6. The first kappa shape index (κ1) is 54.3. The number of nitrogens with zero attached hydrogens (tertiary/aromatic N) is 6. The number of hydrogen-bond donors (Lipinski definition) is 0. The van der Waals surface area contributed by atoms with Crippen molar-refractivity contribution in [3.8, 4) is 0 Å². The van der Waals surface area contributed by atoms with Gasteiger partial charge in [-0.25, -0.2) is 0 Å². The Morgan fingerprint density at radius 2 is 0.678 bits per heavy atom. The van der Waals surface area contributed by atoms with E-state index < -0.39 is 74.8 Å². The van der Waals surface area contributed by atoms with E-state index in [9.17, 15) is 47.9 Å². The van der Waals surface area contributed by atoms with Gasteiger partial charge >= 0.3 is 0 Å². The maximum Gasteiger partial charge on any atom is 0.249 e. The van der Waals surface area contributed by atoms with Crippen molar-refractivity contribution in [2.45, 2.75) is 41.5 Å². The van der Waals surface area contributed by atoms with Crippen molar-refractivity contribution in [2.24, 2.45) is 0 Å². The lowest BCUT2D eigenvalue weighted by Crippen LogP contribution is -2.50. The Balaban J connectivity index is 5.87. The smallest absolute Gasteiger partial charge is 0.249 e. The Morgan fingerprint density at radius 3 is 0.983 bits per heavy atom. The fourth-order valence-corrected chi connectivity index (χ4v) is 4.88. The van der Waals surface area contributed by atoms with Crippen LogP contribution in [0.25, 0.3) is 0 Å². The van der Waals surface area contributed by atoms with Crippen LogP contribution in [0.5, 0.6) is 0 Å². The normalized spacial score (nSPS) is 10.7. The van der Waals surface area contributed by atoms with E-state index in [0.717, 1.165) is 24.5 Å². The number of ketones is 4. The highest BCUT2D eigenvalue weighted by Crippen LogP contribution is 2.04. The van der Waals surface area contributed by atoms with E-state index in [2.05, 4.69) is 0 Å². The molecular formula is C37H62N6O16. The van der Waals surface area contributed by atoms with Crippen molar-refractivity contribution in [3.63, 3.8) is 0 Å². The molecule has 0 atom stereocenters. The van der Waals surface area contributed by atoms with Gasteiger partial charge in [0, 0.05) is 34.0 Å². The minimum absolute atomic E-state index is 0.0335. The second-order valence-corrected chi connectivity index (χ2v) is 13.2. The SMILES string of the molecule is CCOCN(CC(C)=O)C(=O)CN(CC(=O)N(CCOC)CC(C)=O)C(=O)COCCOCC(=O)N(CC(=O)N(COC)CC(C)=O)CC(=O)N(COCC)CC(C)=O. The van der Waals surface area contributed by atoms with Crippen LogP contribution in [0.4, 0.5) is 0 Å². The van der Waals surface area contributed by atoms with Gasteiger partial charge in [0.15, 0.2) is 0 Å². The molecule has 0 bridgehead atoms. The van der Waals surface area contributed by atoms with Gasteiger partial charge < -0.3 is 57.8 Å². The average Bonchev–Trinajstić information content (AvgIpc) is 3.16. The fraction of sp³-hybridized carbons (Fsp3) is 0.730. The van der Waals surface area contributed by atoms with Gasteiger partial charge in [-0.3, -0.25) is 47.9 Å². The Morgan fingerprint density at radius 1 is 0.356 bits per heavy atom. The zero-order valence-electron chi connectivity index (χ0n) is 35.7. The minimum atomic E-state index is -0.809. The van der Waals surface area contributed by atoms with Crippen LogP contribution in [0.3, 0.4) is 0 Å². The van der Waals surface area contributed by atoms with Crippen LogP contribution in [0, 0.1) is 0 Å². The molecule has 0 spiro atoms. The monoisotopic (exact) mass is 846 g/mol. The van der Waals surface area contributed by atoms with Crippen molar-refractivity contribution in [1.82, 2.24) is 29.4 Å². The predicted octanol–water partition coefficient (Wildman–Crippen LogP) is -2.41. The largest absolute Gasteiger partial charge is 0.383 e. The third-order valence-electron chi connectivity index (χ3n) is 7.65. The number of amides is 6. The molecule has 0 N–H and O–H groups in total. The molecule has 0 aromatic carbocycles. The summed E-state index contributed by atoms with van der Waals surface area (Å²) in [6, 6.07) is 0. The lowest BCUT2D eigenvalue weighted by atomic mass is 10.3. The molecule has 336 valence electrons. The molecule has 0 aliphatic carbocycles. The topological polar surface area (TPSA) is 246 Å². The summed E-state index contributed by atoms with van der Waals surface area (Å²) in [5.41, 5.74) is 0. The minimum Gasteiger partial charge on any atom is -0.383 e. The molecule has 0 unspecified atom stereocenters. The van der Waals surface area contributed by atoms with E-state index in [0.29, 0.717) is 0 Å². The third-order valence-corrected chi connectivity index (χ3v) is 7.65. The van der Waals surface area contributed by atoms with Crippen molar-refractivity contribution < 1.29 is 76.4 Å². The molecule has 0 rings (SSSR count). The van der Waals surface area contributed by atoms with Crippen LogP contribution < -0.4 is 0 Å². The molecule has 0 aliphatic heterocycles. The summed E-state index contributed by atoms with van der Waals surface area (Å²) in [7, 11) is 2.72. The van der Waals surface area contributed by atoms with E-state index in [1.807, 2.05) is 0 Å². The van der Waals surface area contributed by atoms with Crippen LogP contribution in [0.2, 0.25) is 0 Å². The van der Waals surface area contributed by atoms with Gasteiger partial charge in [-0.15, -0.1) is 0 Å². The predicted molar refractivity (Wildman–Crippen MR) is 206 cm³/mol. The summed E-state index contributed by atoms with van der Waals surface area (Å²) in [4.78, 5) is 133. The van der Waals surface area contributed by atoms with Crippen LogP contribution >= 0.6 is 0 Å². The second kappa shape index (κ2) is 31.2. The summed E-state index contributed by atoms with van der Waals surface area (Å²) in [5.74, 6) is -5.74. The summed E-state index contributed by atoms with van der Waals surface area (Å²) < 4.78 is 31.5. The van der Waals surface area contributed by atoms with Crippen molar-refractivity contribution in [1.29, 1.82) is 0 Å². The number of methoxy groups -OCH3 is 2. The third kappa shape index (κ3) is 24.7. The van der Waals surface area contributed by atoms with Gasteiger partial charge in [-0.05, 0) is 41.5 Å². The molecule has 0 saturated carbocycles. The quantitative estimate of drug-likeness (QED) is 0.0483. The molecule has 6 amide bonds. The van der Waals surface area contributed by atoms with Gasteiger partial charge in [0.05, 0.1) is 46.0 Å². The molecular weight excluding hydrogens is 784 g/mol. The fourth-order valence-electron chi connectivity index (χ4n) is 4.88. The van der Waals surface area contributed by atoms with Crippen LogP contribution in [0.15, 0.2) is 0 Å². The molecule has 22 heteroatoms. The van der Waals surface area contributed by atoms with Gasteiger partial charge in [0.2, 0.25) is 35.4 Å². The Bertz CT molecular complexity index is 1370. The molecule has 0 aliphatic rings. The zero-order chi connectivity index (χ0) is 44.9. The average molecular weight is 847 g/mol. The van der Waals surface area contributed by atoms with Gasteiger partial charge in [0.25, 0.3) is 0 Å². The Labute approximate surface area is 345 Å². The lowest BCUT2D eigenvalue weighted by molar-refractivity contribution is -0.152. The molecule has 0 radical (unpaired) electrons.